The van der Waals surface area contributed by atoms with Gasteiger partial charge in [0.05, 0.1) is 12.9 Å². The standard InChI is InChI=1S/C12H22N2O4S/c1-10-7-13(5-6-14(10)19(2,16)17)12(15)9-18-8-11-3-4-11/h10-11H,3-9H2,1-2H3/t10-/m0/s1. The predicted octanol–water partition coefficient (Wildman–Crippen LogP) is -0.0947. The molecule has 1 aliphatic carbocycles. The molecule has 6 nitrogen and oxygen atoms in total. The third-order valence-corrected chi connectivity index (χ3v) is 5.02. The minimum Gasteiger partial charge on any atom is -0.371 e. The van der Waals surface area contributed by atoms with Gasteiger partial charge in [0, 0.05) is 25.7 Å². The molecule has 0 aromatic heterocycles. The number of hydrogen-bond acceptors (Lipinski definition) is 4. The molecule has 0 radical (unpaired) electrons. The Morgan fingerprint density at radius 1 is 1.32 bits per heavy atom. The Kier molecular flexibility index (Phi) is 4.47. The topological polar surface area (TPSA) is 66.9 Å². The van der Waals surface area contributed by atoms with Gasteiger partial charge in [0.25, 0.3) is 0 Å². The lowest BCUT2D eigenvalue weighted by molar-refractivity contribution is -0.138. The second-order valence-electron chi connectivity index (χ2n) is 5.52. The van der Waals surface area contributed by atoms with Crippen LogP contribution in [0.15, 0.2) is 0 Å². The lowest BCUT2D eigenvalue weighted by Crippen LogP contribution is -2.55. The highest BCUT2D eigenvalue weighted by molar-refractivity contribution is 7.88. The summed E-state index contributed by atoms with van der Waals surface area (Å²) in [6.07, 6.45) is 3.62. The number of amides is 1. The number of piperazine rings is 1. The number of carbonyl (C=O) groups is 1. The van der Waals surface area contributed by atoms with Crippen LogP contribution >= 0.6 is 0 Å². The van der Waals surface area contributed by atoms with Gasteiger partial charge in [-0.2, -0.15) is 4.31 Å². The van der Waals surface area contributed by atoms with Crippen molar-refractivity contribution >= 4 is 15.9 Å². The van der Waals surface area contributed by atoms with Crippen LogP contribution < -0.4 is 0 Å². The molecule has 7 heteroatoms. The summed E-state index contributed by atoms with van der Waals surface area (Å²) in [5, 5.41) is 0. The highest BCUT2D eigenvalue weighted by Gasteiger charge is 2.31. The van der Waals surface area contributed by atoms with Gasteiger partial charge >= 0.3 is 0 Å². The quantitative estimate of drug-likeness (QED) is 0.709. The zero-order chi connectivity index (χ0) is 14.0. The van der Waals surface area contributed by atoms with Crippen LogP contribution in [0.1, 0.15) is 19.8 Å². The van der Waals surface area contributed by atoms with Crippen molar-refractivity contribution in [3.63, 3.8) is 0 Å². The second kappa shape index (κ2) is 5.76. The summed E-state index contributed by atoms with van der Waals surface area (Å²) in [4.78, 5) is 13.6. The van der Waals surface area contributed by atoms with E-state index in [1.54, 1.807) is 4.90 Å². The molecule has 2 aliphatic rings. The van der Waals surface area contributed by atoms with Crippen molar-refractivity contribution in [3.8, 4) is 0 Å². The molecule has 19 heavy (non-hydrogen) atoms. The second-order valence-corrected chi connectivity index (χ2v) is 7.46. The zero-order valence-corrected chi connectivity index (χ0v) is 12.4. The maximum atomic E-state index is 11.9. The van der Waals surface area contributed by atoms with Crippen LogP contribution in [0.4, 0.5) is 0 Å². The van der Waals surface area contributed by atoms with Crippen LogP contribution in [0.2, 0.25) is 0 Å². The van der Waals surface area contributed by atoms with Crippen LogP contribution in [0, 0.1) is 5.92 Å². The van der Waals surface area contributed by atoms with Crippen LogP contribution in [-0.2, 0) is 19.6 Å². The van der Waals surface area contributed by atoms with E-state index in [1.807, 2.05) is 6.92 Å². The summed E-state index contributed by atoms with van der Waals surface area (Å²) < 4.78 is 29.9. The molecule has 1 atom stereocenters. The Morgan fingerprint density at radius 3 is 2.53 bits per heavy atom. The van der Waals surface area contributed by atoms with E-state index in [4.69, 9.17) is 4.74 Å². The maximum absolute atomic E-state index is 11.9. The van der Waals surface area contributed by atoms with E-state index in [-0.39, 0.29) is 18.6 Å². The number of hydrogen-bond donors (Lipinski definition) is 0. The van der Waals surface area contributed by atoms with E-state index >= 15 is 0 Å². The van der Waals surface area contributed by atoms with Gasteiger partial charge in [-0.05, 0) is 25.7 Å². The number of nitrogens with zero attached hydrogens (tertiary/aromatic N) is 2. The smallest absolute Gasteiger partial charge is 0.248 e. The minimum atomic E-state index is -3.18. The molecule has 1 saturated heterocycles. The van der Waals surface area contributed by atoms with E-state index in [0.717, 1.165) is 0 Å². The van der Waals surface area contributed by atoms with Crippen molar-refractivity contribution in [2.75, 3.05) is 39.1 Å². The van der Waals surface area contributed by atoms with Crippen molar-refractivity contribution in [2.45, 2.75) is 25.8 Å². The van der Waals surface area contributed by atoms with Gasteiger partial charge < -0.3 is 9.64 Å². The number of carbonyl (C=O) groups excluding carboxylic acids is 1. The SMILES string of the molecule is C[C@H]1CN(C(=O)COCC2CC2)CCN1S(C)(=O)=O. The molecule has 0 aromatic carbocycles. The van der Waals surface area contributed by atoms with E-state index in [1.165, 1.54) is 23.4 Å². The maximum Gasteiger partial charge on any atom is 0.248 e. The first-order valence-electron chi connectivity index (χ1n) is 6.70. The summed E-state index contributed by atoms with van der Waals surface area (Å²) in [6, 6.07) is -0.170. The van der Waals surface area contributed by atoms with E-state index in [9.17, 15) is 13.2 Å². The molecule has 0 unspecified atom stereocenters. The fraction of sp³-hybridized carbons (Fsp3) is 0.917. The molecule has 0 N–H and O–H groups in total. The molecule has 1 aliphatic heterocycles. The summed E-state index contributed by atoms with van der Waals surface area (Å²) in [5.41, 5.74) is 0. The van der Waals surface area contributed by atoms with Crippen molar-refractivity contribution in [3.05, 3.63) is 0 Å². The molecule has 1 amide bonds. The van der Waals surface area contributed by atoms with Gasteiger partial charge in [0.2, 0.25) is 15.9 Å². The first kappa shape index (κ1) is 14.7. The first-order valence-corrected chi connectivity index (χ1v) is 8.55. The van der Waals surface area contributed by atoms with Crippen LogP contribution in [0.3, 0.4) is 0 Å². The van der Waals surface area contributed by atoms with E-state index in [0.29, 0.717) is 32.2 Å². The summed E-state index contributed by atoms with van der Waals surface area (Å²) in [7, 11) is -3.18. The summed E-state index contributed by atoms with van der Waals surface area (Å²) in [6.45, 7) is 3.87. The summed E-state index contributed by atoms with van der Waals surface area (Å²) in [5.74, 6) is 0.606. The number of sulfonamides is 1. The van der Waals surface area contributed by atoms with Crippen molar-refractivity contribution in [1.29, 1.82) is 0 Å². The highest BCUT2D eigenvalue weighted by atomic mass is 32.2. The summed E-state index contributed by atoms with van der Waals surface area (Å²) >= 11 is 0. The zero-order valence-electron chi connectivity index (χ0n) is 11.5. The third-order valence-electron chi connectivity index (χ3n) is 3.62. The van der Waals surface area contributed by atoms with E-state index in [2.05, 4.69) is 0 Å². The number of rotatable bonds is 5. The lowest BCUT2D eigenvalue weighted by atomic mass is 10.2. The monoisotopic (exact) mass is 290 g/mol. The first-order chi connectivity index (χ1) is 8.88. The number of ether oxygens (including phenoxy) is 1. The lowest BCUT2D eigenvalue weighted by Gasteiger charge is -2.38. The molecule has 2 fully saturated rings. The van der Waals surface area contributed by atoms with Gasteiger partial charge in [-0.3, -0.25) is 4.79 Å². The molecule has 110 valence electrons. The molecule has 0 spiro atoms. The van der Waals surface area contributed by atoms with Crippen molar-refractivity contribution in [2.24, 2.45) is 5.92 Å². The van der Waals surface area contributed by atoms with Gasteiger partial charge in [-0.25, -0.2) is 8.42 Å². The normalized spacial score (nSPS) is 25.6. The van der Waals surface area contributed by atoms with Crippen molar-refractivity contribution in [1.82, 2.24) is 9.21 Å². The Labute approximate surface area is 114 Å². The molecule has 0 aromatic rings. The highest BCUT2D eigenvalue weighted by Crippen LogP contribution is 2.28. The minimum absolute atomic E-state index is 0.0411. The molecule has 2 rings (SSSR count). The Bertz CT molecular complexity index is 433. The van der Waals surface area contributed by atoms with Crippen LogP contribution in [0.5, 0.6) is 0 Å². The average molecular weight is 290 g/mol. The van der Waals surface area contributed by atoms with Crippen LogP contribution in [-0.4, -0.2) is 68.7 Å². The van der Waals surface area contributed by atoms with Gasteiger partial charge in [0.15, 0.2) is 0 Å². The molecule has 1 saturated carbocycles. The Hall–Kier alpha value is -0.660. The van der Waals surface area contributed by atoms with Crippen molar-refractivity contribution < 1.29 is 17.9 Å². The fourth-order valence-electron chi connectivity index (χ4n) is 2.35. The molecular formula is C12H22N2O4S. The fourth-order valence-corrected chi connectivity index (χ4v) is 3.48. The third kappa shape index (κ3) is 4.15. The van der Waals surface area contributed by atoms with Gasteiger partial charge in [0.1, 0.15) is 6.61 Å². The van der Waals surface area contributed by atoms with Gasteiger partial charge in [-0.15, -0.1) is 0 Å². The van der Waals surface area contributed by atoms with E-state index < -0.39 is 10.0 Å². The van der Waals surface area contributed by atoms with Gasteiger partial charge in [-0.1, -0.05) is 0 Å². The predicted molar refractivity (Wildman–Crippen MR) is 71.1 cm³/mol. The Balaban J connectivity index is 1.78. The molecular weight excluding hydrogens is 268 g/mol. The molecule has 0 bridgehead atoms. The largest absolute Gasteiger partial charge is 0.371 e. The Morgan fingerprint density at radius 2 is 2.00 bits per heavy atom. The molecule has 1 heterocycles. The van der Waals surface area contributed by atoms with Crippen LogP contribution in [0.25, 0.3) is 0 Å². The average Bonchev–Trinajstić information content (AvgIpc) is 3.11.